The molecule has 0 aliphatic carbocycles. The van der Waals surface area contributed by atoms with Gasteiger partial charge in [-0.2, -0.15) is 0 Å². The molecule has 146 valence electrons. The number of aliphatic hydroxyl groups excluding tert-OH is 1. The Balaban J connectivity index is 0. The molecule has 0 bridgehead atoms. The van der Waals surface area contributed by atoms with Gasteiger partial charge in [-0.15, -0.1) is 0 Å². The molecule has 0 rings (SSSR count). The van der Waals surface area contributed by atoms with Crippen molar-refractivity contribution in [3.63, 3.8) is 0 Å². The van der Waals surface area contributed by atoms with Crippen molar-refractivity contribution in [2.45, 2.75) is 122 Å². The van der Waals surface area contributed by atoms with Crippen molar-refractivity contribution in [1.29, 1.82) is 0 Å². The second-order valence-corrected chi connectivity index (χ2v) is 8.73. The fraction of sp³-hybridized carbons (Fsp3) is 1.00. The van der Waals surface area contributed by atoms with Crippen LogP contribution in [-0.4, -0.2) is 29.4 Å². The molecule has 6 heteroatoms. The fourth-order valence-corrected chi connectivity index (χ4v) is 3.99. The molecular weight excluding hydrogens is 347 g/mol. The van der Waals surface area contributed by atoms with E-state index in [1.165, 1.54) is 44.9 Å². The van der Waals surface area contributed by atoms with E-state index in [4.69, 9.17) is 0 Å². The first-order chi connectivity index (χ1) is 11.4. The van der Waals surface area contributed by atoms with Crippen LogP contribution in [0.3, 0.4) is 0 Å². The number of unbranched alkanes of at least 4 members (excludes halogenated alkanes) is 9. The summed E-state index contributed by atoms with van der Waals surface area (Å²) in [6.45, 7) is 4.12. The first kappa shape index (κ1) is 28.1. The predicted octanol–water partition coefficient (Wildman–Crippen LogP) is 2.16. The van der Waals surface area contributed by atoms with Crippen LogP contribution in [-0.2, 0) is 10.1 Å². The molecule has 0 aromatic carbocycles. The largest absolute Gasteiger partial charge is 1.00 e. The van der Waals surface area contributed by atoms with Gasteiger partial charge in [-0.1, -0.05) is 78.1 Å². The van der Waals surface area contributed by atoms with Gasteiger partial charge in [0.15, 0.2) is 0 Å². The maximum atomic E-state index is 11.4. The Morgan fingerprint density at radius 3 is 1.64 bits per heavy atom. The second kappa shape index (κ2) is 18.2. The average Bonchev–Trinajstić information content (AvgIpc) is 2.53. The molecule has 0 aromatic heterocycles. The van der Waals surface area contributed by atoms with Gasteiger partial charge in [0.2, 0.25) is 0 Å². The van der Waals surface area contributed by atoms with Crippen LogP contribution in [0.15, 0.2) is 0 Å². The number of hydrogen-bond acceptors (Lipinski definition) is 4. The summed E-state index contributed by atoms with van der Waals surface area (Å²) in [6, 6.07) is 0. The zero-order chi connectivity index (χ0) is 18.3. The van der Waals surface area contributed by atoms with E-state index in [0.717, 1.165) is 19.3 Å². The third-order valence-corrected chi connectivity index (χ3v) is 6.11. The molecule has 0 aliphatic rings. The van der Waals surface area contributed by atoms with Gasteiger partial charge >= 0.3 is 29.6 Å². The summed E-state index contributed by atoms with van der Waals surface area (Å²) >= 11 is 0. The predicted molar refractivity (Wildman–Crippen MR) is 100 cm³/mol. The third kappa shape index (κ3) is 18.0. The molecular formula is C19H39NaO4S. The van der Waals surface area contributed by atoms with Gasteiger partial charge in [-0.25, -0.2) is 8.42 Å². The maximum Gasteiger partial charge on any atom is 1.00 e. The van der Waals surface area contributed by atoms with Crippen LogP contribution >= 0.6 is 0 Å². The van der Waals surface area contributed by atoms with E-state index in [1.54, 1.807) is 0 Å². The summed E-state index contributed by atoms with van der Waals surface area (Å²) in [5.74, 6) is 0. The second-order valence-electron chi connectivity index (χ2n) is 7.08. The normalized spacial score (nSPS) is 14.1. The summed E-state index contributed by atoms with van der Waals surface area (Å²) in [4.78, 5) is 0. The van der Waals surface area contributed by atoms with E-state index in [2.05, 4.69) is 6.92 Å². The minimum Gasteiger partial charge on any atom is -0.748 e. The van der Waals surface area contributed by atoms with Crippen LogP contribution in [0, 0.1) is 0 Å². The first-order valence-electron chi connectivity index (χ1n) is 10.0. The molecule has 0 heterocycles. The van der Waals surface area contributed by atoms with Gasteiger partial charge < -0.3 is 9.66 Å². The van der Waals surface area contributed by atoms with Crippen LogP contribution < -0.4 is 29.6 Å². The zero-order valence-corrected chi connectivity index (χ0v) is 19.7. The van der Waals surface area contributed by atoms with Crippen LogP contribution in [0.2, 0.25) is 0 Å². The molecule has 4 nitrogen and oxygen atoms in total. The molecule has 0 aromatic rings. The van der Waals surface area contributed by atoms with E-state index < -0.39 is 15.4 Å². The topological polar surface area (TPSA) is 77.4 Å². The minimum absolute atomic E-state index is 0. The van der Waals surface area contributed by atoms with Crippen LogP contribution in [0.25, 0.3) is 0 Å². The van der Waals surface area contributed by atoms with Crippen molar-refractivity contribution >= 4 is 10.1 Å². The Labute approximate surface area is 178 Å². The SMILES string of the molecule is CCCCCCCCCCCCC(CCCC(O)CC)S(=O)(=O)[O-].[Na+]. The fourth-order valence-electron chi connectivity index (χ4n) is 3.08. The monoisotopic (exact) mass is 386 g/mol. The van der Waals surface area contributed by atoms with E-state index >= 15 is 0 Å². The molecule has 0 fully saturated rings. The molecule has 2 atom stereocenters. The number of hydrogen-bond donors (Lipinski definition) is 1. The van der Waals surface area contributed by atoms with Crippen molar-refractivity contribution in [2.75, 3.05) is 0 Å². The number of rotatable bonds is 17. The maximum absolute atomic E-state index is 11.4. The van der Waals surface area contributed by atoms with E-state index in [9.17, 15) is 18.1 Å². The smallest absolute Gasteiger partial charge is 0.748 e. The summed E-state index contributed by atoms with van der Waals surface area (Å²) in [5, 5.41) is 8.74. The molecule has 0 saturated heterocycles. The zero-order valence-electron chi connectivity index (χ0n) is 16.8. The Kier molecular flexibility index (Phi) is 20.5. The van der Waals surface area contributed by atoms with Crippen molar-refractivity contribution in [2.24, 2.45) is 0 Å². The van der Waals surface area contributed by atoms with Crippen molar-refractivity contribution < 1.29 is 47.6 Å². The van der Waals surface area contributed by atoms with E-state index in [1.807, 2.05) is 6.92 Å². The quantitative estimate of drug-likeness (QED) is 0.236. The van der Waals surface area contributed by atoms with Crippen LogP contribution in [0.4, 0.5) is 0 Å². The summed E-state index contributed by atoms with van der Waals surface area (Å²) in [6.07, 6.45) is 14.4. The Hall–Kier alpha value is 0.870. The third-order valence-electron chi connectivity index (χ3n) is 4.82. The van der Waals surface area contributed by atoms with Gasteiger partial charge in [0, 0.05) is 5.25 Å². The van der Waals surface area contributed by atoms with Crippen LogP contribution in [0.5, 0.6) is 0 Å². The van der Waals surface area contributed by atoms with Crippen molar-refractivity contribution in [3.8, 4) is 0 Å². The van der Waals surface area contributed by atoms with Gasteiger partial charge in [-0.05, 0) is 32.1 Å². The number of aliphatic hydroxyl groups is 1. The van der Waals surface area contributed by atoms with Crippen molar-refractivity contribution in [1.82, 2.24) is 0 Å². The van der Waals surface area contributed by atoms with E-state index in [0.29, 0.717) is 32.1 Å². The summed E-state index contributed by atoms with van der Waals surface area (Å²) in [5.41, 5.74) is 0. The standard InChI is InChI=1S/C19H40O4S.Na/c1-3-5-6-7-8-9-10-11-12-13-16-19(24(21,22)23)17-14-15-18(20)4-2;/h18-20H,3-17H2,1-2H3,(H,21,22,23);/q;+1/p-1. The molecule has 25 heavy (non-hydrogen) atoms. The van der Waals surface area contributed by atoms with Crippen molar-refractivity contribution in [3.05, 3.63) is 0 Å². The average molecular weight is 387 g/mol. The minimum atomic E-state index is -4.21. The first-order valence-corrected chi connectivity index (χ1v) is 11.5. The molecule has 0 spiro atoms. The van der Waals surface area contributed by atoms with E-state index in [-0.39, 0.29) is 35.7 Å². The molecule has 1 N–H and O–H groups in total. The van der Waals surface area contributed by atoms with Gasteiger partial charge in [0.05, 0.1) is 16.2 Å². The van der Waals surface area contributed by atoms with Gasteiger partial charge in [-0.3, -0.25) is 0 Å². The summed E-state index contributed by atoms with van der Waals surface area (Å²) < 4.78 is 34.1. The van der Waals surface area contributed by atoms with Gasteiger partial charge in [0.25, 0.3) is 0 Å². The molecule has 0 radical (unpaired) electrons. The Morgan fingerprint density at radius 2 is 1.20 bits per heavy atom. The molecule has 0 aliphatic heterocycles. The molecule has 0 amide bonds. The van der Waals surface area contributed by atoms with Gasteiger partial charge in [0.1, 0.15) is 0 Å². The Morgan fingerprint density at radius 1 is 0.760 bits per heavy atom. The molecule has 2 unspecified atom stereocenters. The summed E-state index contributed by atoms with van der Waals surface area (Å²) in [7, 11) is -4.21. The molecule has 0 saturated carbocycles. The Bertz CT molecular complexity index is 374. The van der Waals surface area contributed by atoms with Crippen LogP contribution in [0.1, 0.15) is 110 Å².